The highest BCUT2D eigenvalue weighted by Gasteiger charge is 2.15. The molecule has 0 saturated carbocycles. The molecule has 0 fully saturated rings. The molecule has 0 N–H and O–H groups in total. The molecule has 1 heterocycles. The molecule has 0 aliphatic heterocycles. The zero-order chi connectivity index (χ0) is 18.5. The number of carbonyl (C=O) groups is 1. The van der Waals surface area contributed by atoms with Crippen molar-refractivity contribution in [3.63, 3.8) is 0 Å². The lowest BCUT2D eigenvalue weighted by molar-refractivity contribution is 0.111. The lowest BCUT2D eigenvalue weighted by Gasteiger charge is -2.07. The van der Waals surface area contributed by atoms with Gasteiger partial charge in [0.15, 0.2) is 12.9 Å². The van der Waals surface area contributed by atoms with E-state index < -0.39 is 0 Å². The minimum atomic E-state index is 0.0357. The van der Waals surface area contributed by atoms with Crippen LogP contribution in [0.5, 0.6) is 17.2 Å². The monoisotopic (exact) mass is 418 g/mol. The third-order valence-corrected chi connectivity index (χ3v) is 4.06. The van der Waals surface area contributed by atoms with Gasteiger partial charge in [0, 0.05) is 10.5 Å². The zero-order valence-corrected chi connectivity index (χ0v) is 15.6. The SMILES string of the molecule is COc1ccc(-c2noc(COc3ccc(Br)cc3C=O)n2)c(OC)c1. The molecular formula is C18H15BrN2O5. The first-order valence-electron chi connectivity index (χ1n) is 7.57. The average Bonchev–Trinajstić information content (AvgIpc) is 3.15. The van der Waals surface area contributed by atoms with Crippen molar-refractivity contribution in [1.29, 1.82) is 0 Å². The molecule has 0 aliphatic carbocycles. The van der Waals surface area contributed by atoms with E-state index in [1.807, 2.05) is 0 Å². The maximum atomic E-state index is 11.1. The molecule has 2 aromatic carbocycles. The number of rotatable bonds is 7. The van der Waals surface area contributed by atoms with Gasteiger partial charge in [-0.2, -0.15) is 4.98 Å². The molecule has 3 aromatic rings. The molecule has 0 amide bonds. The number of hydrogen-bond donors (Lipinski definition) is 0. The number of aldehydes is 1. The first-order valence-corrected chi connectivity index (χ1v) is 8.36. The second kappa shape index (κ2) is 8.01. The van der Waals surface area contributed by atoms with E-state index in [0.717, 1.165) is 10.8 Å². The van der Waals surface area contributed by atoms with Gasteiger partial charge in [0.1, 0.15) is 17.2 Å². The number of nitrogens with zero attached hydrogens (tertiary/aromatic N) is 2. The normalized spacial score (nSPS) is 10.4. The number of benzene rings is 2. The Balaban J connectivity index is 1.78. The van der Waals surface area contributed by atoms with Crippen LogP contribution in [0.2, 0.25) is 0 Å². The van der Waals surface area contributed by atoms with E-state index in [4.69, 9.17) is 18.7 Å². The summed E-state index contributed by atoms with van der Waals surface area (Å²) in [4.78, 5) is 15.4. The Hall–Kier alpha value is -2.87. The lowest BCUT2D eigenvalue weighted by atomic mass is 10.2. The summed E-state index contributed by atoms with van der Waals surface area (Å²) in [5.74, 6) is 2.31. The van der Waals surface area contributed by atoms with E-state index in [1.54, 1.807) is 50.6 Å². The fraction of sp³-hybridized carbons (Fsp3) is 0.167. The second-order valence-corrected chi connectivity index (χ2v) is 6.08. The van der Waals surface area contributed by atoms with E-state index in [2.05, 4.69) is 26.1 Å². The van der Waals surface area contributed by atoms with E-state index in [-0.39, 0.29) is 12.5 Å². The van der Waals surface area contributed by atoms with Gasteiger partial charge in [0.2, 0.25) is 5.82 Å². The summed E-state index contributed by atoms with van der Waals surface area (Å²) < 4.78 is 22.1. The molecule has 0 atom stereocenters. The predicted molar refractivity (Wildman–Crippen MR) is 96.7 cm³/mol. The van der Waals surface area contributed by atoms with E-state index >= 15 is 0 Å². The predicted octanol–water partition coefficient (Wildman–Crippen LogP) is 3.91. The second-order valence-electron chi connectivity index (χ2n) is 5.17. The quantitative estimate of drug-likeness (QED) is 0.537. The van der Waals surface area contributed by atoms with Crippen LogP contribution in [-0.4, -0.2) is 30.6 Å². The summed E-state index contributed by atoms with van der Waals surface area (Å²) in [5, 5.41) is 3.96. The van der Waals surface area contributed by atoms with Crippen LogP contribution in [0.25, 0.3) is 11.4 Å². The fourth-order valence-corrected chi connectivity index (χ4v) is 2.67. The third-order valence-electron chi connectivity index (χ3n) is 3.57. The van der Waals surface area contributed by atoms with Crippen molar-refractivity contribution in [1.82, 2.24) is 10.1 Å². The van der Waals surface area contributed by atoms with Crippen LogP contribution in [0.3, 0.4) is 0 Å². The Kier molecular flexibility index (Phi) is 5.52. The minimum Gasteiger partial charge on any atom is -0.497 e. The van der Waals surface area contributed by atoms with Crippen LogP contribution in [0.15, 0.2) is 45.4 Å². The smallest absolute Gasteiger partial charge is 0.264 e. The molecule has 3 rings (SSSR count). The van der Waals surface area contributed by atoms with Crippen molar-refractivity contribution in [2.45, 2.75) is 6.61 Å². The van der Waals surface area contributed by atoms with Gasteiger partial charge in [-0.05, 0) is 30.3 Å². The number of halogens is 1. The van der Waals surface area contributed by atoms with Crippen LogP contribution in [0.4, 0.5) is 0 Å². The van der Waals surface area contributed by atoms with Crippen molar-refractivity contribution >= 4 is 22.2 Å². The number of aromatic nitrogens is 2. The topological polar surface area (TPSA) is 83.7 Å². The van der Waals surface area contributed by atoms with Crippen LogP contribution in [0.1, 0.15) is 16.2 Å². The molecule has 0 bridgehead atoms. The fourth-order valence-electron chi connectivity index (χ4n) is 2.29. The molecule has 7 nitrogen and oxygen atoms in total. The largest absolute Gasteiger partial charge is 0.497 e. The maximum Gasteiger partial charge on any atom is 0.264 e. The van der Waals surface area contributed by atoms with Crippen molar-refractivity contribution in [2.24, 2.45) is 0 Å². The number of hydrogen-bond acceptors (Lipinski definition) is 7. The Morgan fingerprint density at radius 3 is 2.69 bits per heavy atom. The van der Waals surface area contributed by atoms with Crippen LogP contribution >= 0.6 is 15.9 Å². The molecule has 0 radical (unpaired) electrons. The number of methoxy groups -OCH3 is 2. The average molecular weight is 419 g/mol. The highest BCUT2D eigenvalue weighted by Crippen LogP contribution is 2.31. The molecule has 8 heteroatoms. The third kappa shape index (κ3) is 3.85. The van der Waals surface area contributed by atoms with Gasteiger partial charge in [-0.25, -0.2) is 0 Å². The summed E-state index contributed by atoms with van der Waals surface area (Å²) in [6.07, 6.45) is 0.724. The summed E-state index contributed by atoms with van der Waals surface area (Å²) in [7, 11) is 3.13. The van der Waals surface area contributed by atoms with Gasteiger partial charge in [-0.3, -0.25) is 4.79 Å². The Morgan fingerprint density at radius 1 is 1.12 bits per heavy atom. The van der Waals surface area contributed by atoms with Crippen molar-refractivity contribution in [2.75, 3.05) is 14.2 Å². The summed E-state index contributed by atoms with van der Waals surface area (Å²) in [5.41, 5.74) is 1.09. The molecule has 0 unspecified atom stereocenters. The number of carbonyl (C=O) groups excluding carboxylic acids is 1. The van der Waals surface area contributed by atoms with E-state index in [0.29, 0.717) is 34.2 Å². The standard InChI is InChI=1S/C18H15BrN2O5/c1-23-13-4-5-14(16(8-13)24-2)18-20-17(26-21-18)10-25-15-6-3-12(19)7-11(15)9-22/h3-9H,10H2,1-2H3. The van der Waals surface area contributed by atoms with Gasteiger partial charge in [0.05, 0.1) is 25.3 Å². The molecule has 0 spiro atoms. The van der Waals surface area contributed by atoms with Gasteiger partial charge < -0.3 is 18.7 Å². The molecule has 26 heavy (non-hydrogen) atoms. The summed E-state index contributed by atoms with van der Waals surface area (Å²) in [6.45, 7) is 0.0357. The molecule has 134 valence electrons. The van der Waals surface area contributed by atoms with Crippen LogP contribution in [0, 0.1) is 0 Å². The minimum absolute atomic E-state index is 0.0357. The number of ether oxygens (including phenoxy) is 3. The highest BCUT2D eigenvalue weighted by molar-refractivity contribution is 9.10. The van der Waals surface area contributed by atoms with Crippen molar-refractivity contribution in [3.05, 3.63) is 52.3 Å². The Bertz CT molecular complexity index is 926. The maximum absolute atomic E-state index is 11.1. The Labute approximate surface area is 158 Å². The lowest BCUT2D eigenvalue weighted by Crippen LogP contribution is -1.99. The van der Waals surface area contributed by atoms with Crippen molar-refractivity contribution in [3.8, 4) is 28.6 Å². The summed E-state index contributed by atoms with van der Waals surface area (Å²) >= 11 is 3.31. The van der Waals surface area contributed by atoms with Gasteiger partial charge in [-0.15, -0.1) is 0 Å². The van der Waals surface area contributed by atoms with Crippen LogP contribution in [-0.2, 0) is 6.61 Å². The molecule has 1 aromatic heterocycles. The van der Waals surface area contributed by atoms with Crippen molar-refractivity contribution < 1.29 is 23.5 Å². The summed E-state index contributed by atoms with van der Waals surface area (Å²) in [6, 6.07) is 10.4. The highest BCUT2D eigenvalue weighted by atomic mass is 79.9. The Morgan fingerprint density at radius 2 is 1.96 bits per heavy atom. The molecule has 0 aliphatic rings. The first-order chi connectivity index (χ1) is 12.6. The first kappa shape index (κ1) is 17.9. The van der Waals surface area contributed by atoms with Gasteiger partial charge in [0.25, 0.3) is 5.89 Å². The molecule has 0 saturated heterocycles. The van der Waals surface area contributed by atoms with E-state index in [1.165, 1.54) is 0 Å². The van der Waals surface area contributed by atoms with E-state index in [9.17, 15) is 4.79 Å². The zero-order valence-electron chi connectivity index (χ0n) is 14.1. The van der Waals surface area contributed by atoms with Gasteiger partial charge in [-0.1, -0.05) is 21.1 Å². The van der Waals surface area contributed by atoms with Crippen LogP contribution < -0.4 is 14.2 Å². The van der Waals surface area contributed by atoms with Gasteiger partial charge >= 0.3 is 0 Å². The molecular weight excluding hydrogens is 404 g/mol.